The summed E-state index contributed by atoms with van der Waals surface area (Å²) >= 11 is 0. The van der Waals surface area contributed by atoms with Gasteiger partial charge in [0.2, 0.25) is 0 Å². The highest BCUT2D eigenvalue weighted by molar-refractivity contribution is 5.84. The average Bonchev–Trinajstić information content (AvgIpc) is 3.25. The summed E-state index contributed by atoms with van der Waals surface area (Å²) in [4.78, 5) is 12.1. The van der Waals surface area contributed by atoms with Crippen LogP contribution in [0, 0.1) is 5.92 Å². The Morgan fingerprint density at radius 3 is 2.62 bits per heavy atom. The van der Waals surface area contributed by atoms with Crippen molar-refractivity contribution >= 4 is 11.8 Å². The summed E-state index contributed by atoms with van der Waals surface area (Å²) in [5.74, 6) is 0.771. The molecule has 1 aromatic carbocycles. The van der Waals surface area contributed by atoms with Crippen LogP contribution >= 0.6 is 0 Å². The minimum atomic E-state index is -0.465. The van der Waals surface area contributed by atoms with Crippen molar-refractivity contribution in [2.75, 3.05) is 25.1 Å². The molecular weight excluding hydrogens is 332 g/mol. The Bertz CT molecular complexity index is 591. The summed E-state index contributed by atoms with van der Waals surface area (Å²) < 4.78 is 17.3. The van der Waals surface area contributed by atoms with E-state index in [0.29, 0.717) is 18.9 Å². The quantitative estimate of drug-likeness (QED) is 0.845. The van der Waals surface area contributed by atoms with Gasteiger partial charge in [0, 0.05) is 5.69 Å². The SMILES string of the molecule is O=C(Nc1ccccc1)O[C@@H]1CO[C@H]2[C@@H]1OC[C@@H]2NCC1CCCCC1. The molecular formula is C20H28N2O4. The molecule has 6 heteroatoms. The van der Waals surface area contributed by atoms with Gasteiger partial charge in [-0.2, -0.15) is 0 Å². The molecule has 1 aliphatic carbocycles. The van der Waals surface area contributed by atoms with Crippen molar-refractivity contribution in [1.29, 1.82) is 0 Å². The lowest BCUT2D eigenvalue weighted by atomic mass is 9.89. The van der Waals surface area contributed by atoms with Crippen LogP contribution in [0.15, 0.2) is 30.3 Å². The molecule has 2 aliphatic heterocycles. The zero-order valence-corrected chi connectivity index (χ0v) is 15.1. The fraction of sp³-hybridized carbons (Fsp3) is 0.650. The smallest absolute Gasteiger partial charge is 0.412 e. The number of amides is 1. The number of rotatable bonds is 5. The first-order chi connectivity index (χ1) is 12.8. The van der Waals surface area contributed by atoms with E-state index in [1.165, 1.54) is 32.1 Å². The molecule has 2 saturated heterocycles. The Kier molecular flexibility index (Phi) is 5.72. The first-order valence-corrected chi connectivity index (χ1v) is 9.79. The lowest BCUT2D eigenvalue weighted by Gasteiger charge is -2.25. The molecule has 142 valence electrons. The number of ether oxygens (including phenoxy) is 3. The summed E-state index contributed by atoms with van der Waals surface area (Å²) in [5.41, 5.74) is 0.715. The summed E-state index contributed by atoms with van der Waals surface area (Å²) in [6, 6.07) is 9.48. The number of fused-ring (bicyclic) bond motifs is 1. The summed E-state index contributed by atoms with van der Waals surface area (Å²) in [5, 5.41) is 6.37. The van der Waals surface area contributed by atoms with Crippen molar-refractivity contribution in [3.05, 3.63) is 30.3 Å². The van der Waals surface area contributed by atoms with E-state index in [1.807, 2.05) is 30.3 Å². The van der Waals surface area contributed by atoms with E-state index in [4.69, 9.17) is 14.2 Å². The molecule has 1 saturated carbocycles. The lowest BCUT2D eigenvalue weighted by molar-refractivity contribution is 0.00850. The Morgan fingerprint density at radius 2 is 1.81 bits per heavy atom. The van der Waals surface area contributed by atoms with Crippen LogP contribution in [0.1, 0.15) is 32.1 Å². The first kappa shape index (κ1) is 17.8. The minimum Gasteiger partial charge on any atom is -0.441 e. The van der Waals surface area contributed by atoms with Crippen LogP contribution in [0.4, 0.5) is 10.5 Å². The molecule has 3 fully saturated rings. The average molecular weight is 360 g/mol. The third-order valence-electron chi connectivity index (χ3n) is 5.68. The maximum atomic E-state index is 12.1. The molecule has 0 radical (unpaired) electrons. The number of hydrogen-bond acceptors (Lipinski definition) is 5. The van der Waals surface area contributed by atoms with E-state index in [2.05, 4.69) is 10.6 Å². The van der Waals surface area contributed by atoms with Gasteiger partial charge in [-0.1, -0.05) is 37.5 Å². The van der Waals surface area contributed by atoms with E-state index >= 15 is 0 Å². The molecule has 26 heavy (non-hydrogen) atoms. The van der Waals surface area contributed by atoms with Crippen LogP contribution in [-0.4, -0.2) is 50.2 Å². The lowest BCUT2D eigenvalue weighted by Crippen LogP contribution is -2.43. The summed E-state index contributed by atoms with van der Waals surface area (Å²) in [6.45, 7) is 2.03. The third kappa shape index (κ3) is 4.19. The van der Waals surface area contributed by atoms with Gasteiger partial charge in [0.15, 0.2) is 6.10 Å². The highest BCUT2D eigenvalue weighted by Gasteiger charge is 2.49. The van der Waals surface area contributed by atoms with Crippen molar-refractivity contribution in [2.24, 2.45) is 5.92 Å². The van der Waals surface area contributed by atoms with E-state index in [0.717, 1.165) is 12.5 Å². The number of hydrogen-bond donors (Lipinski definition) is 2. The first-order valence-electron chi connectivity index (χ1n) is 9.79. The Labute approximate surface area is 154 Å². The highest BCUT2D eigenvalue weighted by Crippen LogP contribution is 2.30. The van der Waals surface area contributed by atoms with Crippen molar-refractivity contribution in [3.63, 3.8) is 0 Å². The molecule has 1 amide bonds. The fourth-order valence-electron chi connectivity index (χ4n) is 4.26. The van der Waals surface area contributed by atoms with Gasteiger partial charge < -0.3 is 19.5 Å². The van der Waals surface area contributed by atoms with Crippen LogP contribution in [-0.2, 0) is 14.2 Å². The molecule has 6 nitrogen and oxygen atoms in total. The molecule has 1 aromatic rings. The number of anilines is 1. The van der Waals surface area contributed by atoms with Gasteiger partial charge in [-0.15, -0.1) is 0 Å². The van der Waals surface area contributed by atoms with Gasteiger partial charge in [-0.3, -0.25) is 5.32 Å². The molecule has 0 bridgehead atoms. The minimum absolute atomic E-state index is 0.0342. The second kappa shape index (κ2) is 8.37. The van der Waals surface area contributed by atoms with Gasteiger partial charge in [0.05, 0.1) is 19.3 Å². The summed E-state index contributed by atoms with van der Waals surface area (Å²) in [7, 11) is 0. The van der Waals surface area contributed by atoms with Crippen LogP contribution in [0.25, 0.3) is 0 Å². The summed E-state index contributed by atoms with van der Waals surface area (Å²) in [6.07, 6.45) is 5.68. The van der Waals surface area contributed by atoms with Crippen LogP contribution in [0.2, 0.25) is 0 Å². The standard InChI is InChI=1S/C20H28N2O4/c23-20(22-15-9-5-2-6-10-15)26-17-13-25-18-16(12-24-19(17)18)21-11-14-7-3-1-4-8-14/h2,5-6,9-10,14,16-19,21H,1,3-4,7-8,11-13H2,(H,22,23)/t16-,17+,18+,19+/m0/s1. The van der Waals surface area contributed by atoms with Crippen LogP contribution in [0.5, 0.6) is 0 Å². The van der Waals surface area contributed by atoms with Gasteiger partial charge >= 0.3 is 6.09 Å². The molecule has 4 rings (SSSR count). The number of nitrogens with one attached hydrogen (secondary N) is 2. The van der Waals surface area contributed by atoms with E-state index in [9.17, 15) is 4.79 Å². The van der Waals surface area contributed by atoms with E-state index < -0.39 is 6.09 Å². The molecule has 0 spiro atoms. The van der Waals surface area contributed by atoms with Crippen molar-refractivity contribution in [2.45, 2.75) is 56.5 Å². The maximum Gasteiger partial charge on any atom is 0.412 e. The second-order valence-electron chi connectivity index (χ2n) is 7.55. The Hall–Kier alpha value is -1.63. The van der Waals surface area contributed by atoms with Gasteiger partial charge in [-0.25, -0.2) is 4.79 Å². The van der Waals surface area contributed by atoms with Crippen molar-refractivity contribution in [1.82, 2.24) is 5.32 Å². The fourth-order valence-corrected chi connectivity index (χ4v) is 4.26. The largest absolute Gasteiger partial charge is 0.441 e. The van der Waals surface area contributed by atoms with Crippen molar-refractivity contribution in [3.8, 4) is 0 Å². The Balaban J connectivity index is 1.24. The monoisotopic (exact) mass is 360 g/mol. The van der Waals surface area contributed by atoms with Crippen LogP contribution < -0.4 is 10.6 Å². The number of para-hydroxylation sites is 1. The highest BCUT2D eigenvalue weighted by atomic mass is 16.6. The van der Waals surface area contributed by atoms with E-state index in [1.54, 1.807) is 0 Å². The molecule has 3 aliphatic rings. The number of carbonyl (C=O) groups is 1. The maximum absolute atomic E-state index is 12.1. The topological polar surface area (TPSA) is 68.8 Å². The predicted octanol–water partition coefficient (Wildman–Crippen LogP) is 2.94. The predicted molar refractivity (Wildman–Crippen MR) is 98.2 cm³/mol. The van der Waals surface area contributed by atoms with Crippen LogP contribution in [0.3, 0.4) is 0 Å². The van der Waals surface area contributed by atoms with Gasteiger partial charge in [0.1, 0.15) is 12.2 Å². The molecule has 0 unspecified atom stereocenters. The Morgan fingerprint density at radius 1 is 1.04 bits per heavy atom. The zero-order valence-electron chi connectivity index (χ0n) is 15.1. The molecule has 2 heterocycles. The van der Waals surface area contributed by atoms with Gasteiger partial charge in [0.25, 0.3) is 0 Å². The van der Waals surface area contributed by atoms with E-state index in [-0.39, 0.29) is 24.4 Å². The molecule has 2 N–H and O–H groups in total. The van der Waals surface area contributed by atoms with Gasteiger partial charge in [-0.05, 0) is 37.4 Å². The molecule has 0 aromatic heterocycles. The molecule has 4 atom stereocenters. The normalized spacial score (nSPS) is 31.5. The zero-order chi connectivity index (χ0) is 17.8. The third-order valence-corrected chi connectivity index (χ3v) is 5.68. The van der Waals surface area contributed by atoms with Crippen molar-refractivity contribution < 1.29 is 19.0 Å². The number of carbonyl (C=O) groups excluding carboxylic acids is 1. The second-order valence-corrected chi connectivity index (χ2v) is 7.55. The number of benzene rings is 1.